The Kier molecular flexibility index (Phi) is 7.59. The van der Waals surface area contributed by atoms with Crippen LogP contribution >= 0.6 is 0 Å². The summed E-state index contributed by atoms with van der Waals surface area (Å²) in [4.78, 5) is 0. The van der Waals surface area contributed by atoms with Crippen LogP contribution in [0.2, 0.25) is 0 Å². The van der Waals surface area contributed by atoms with Gasteiger partial charge in [-0.3, -0.25) is 0 Å². The number of rotatable bonds is 8. The van der Waals surface area contributed by atoms with Crippen LogP contribution in [0.15, 0.2) is 36.4 Å². The number of hydrogen-bond donors (Lipinski definition) is 2. The number of hydrogen-bond acceptors (Lipinski definition) is 4. The zero-order valence-electron chi connectivity index (χ0n) is 19.1. The first-order chi connectivity index (χ1) is 13.5. The third kappa shape index (κ3) is 6.40. The van der Waals surface area contributed by atoms with E-state index in [0.29, 0.717) is 24.7 Å². The SMILES string of the molecule is CCNCc1ccc(OCCOc2ccc(C(C)(C)C)c(O)c2C(C)(C)C)cc1. The van der Waals surface area contributed by atoms with Crippen molar-refractivity contribution in [3.63, 3.8) is 0 Å². The lowest BCUT2D eigenvalue weighted by atomic mass is 9.79. The summed E-state index contributed by atoms with van der Waals surface area (Å²) in [6.07, 6.45) is 0. The van der Waals surface area contributed by atoms with Crippen molar-refractivity contribution in [2.24, 2.45) is 0 Å². The zero-order chi connectivity index (χ0) is 21.7. The van der Waals surface area contributed by atoms with Crippen LogP contribution in [0.1, 0.15) is 65.2 Å². The molecule has 0 heterocycles. The van der Waals surface area contributed by atoms with Crippen LogP contribution in [-0.2, 0) is 17.4 Å². The van der Waals surface area contributed by atoms with Crippen LogP contribution in [0.4, 0.5) is 0 Å². The van der Waals surface area contributed by atoms with Gasteiger partial charge in [-0.2, -0.15) is 0 Å². The van der Waals surface area contributed by atoms with Crippen LogP contribution in [0.25, 0.3) is 0 Å². The maximum atomic E-state index is 10.9. The van der Waals surface area contributed by atoms with Crippen molar-refractivity contribution >= 4 is 0 Å². The van der Waals surface area contributed by atoms with E-state index in [-0.39, 0.29) is 10.8 Å². The molecule has 4 heteroatoms. The summed E-state index contributed by atoms with van der Waals surface area (Å²) in [7, 11) is 0. The third-order valence-electron chi connectivity index (χ3n) is 4.81. The summed E-state index contributed by atoms with van der Waals surface area (Å²) in [5.74, 6) is 1.88. The summed E-state index contributed by atoms with van der Waals surface area (Å²) in [6, 6.07) is 12.0. The van der Waals surface area contributed by atoms with Gasteiger partial charge in [-0.05, 0) is 46.7 Å². The van der Waals surface area contributed by atoms with E-state index >= 15 is 0 Å². The Morgan fingerprint density at radius 1 is 0.828 bits per heavy atom. The lowest BCUT2D eigenvalue weighted by molar-refractivity contribution is 0.213. The lowest BCUT2D eigenvalue weighted by Gasteiger charge is -2.29. The van der Waals surface area contributed by atoms with Gasteiger partial charge in [0.25, 0.3) is 0 Å². The molecule has 0 aliphatic rings. The van der Waals surface area contributed by atoms with Gasteiger partial charge >= 0.3 is 0 Å². The van der Waals surface area contributed by atoms with Crippen LogP contribution in [0.5, 0.6) is 17.2 Å². The fraction of sp³-hybridized carbons (Fsp3) is 0.520. The molecule has 0 saturated heterocycles. The first kappa shape index (κ1) is 23.1. The quantitative estimate of drug-likeness (QED) is 0.571. The maximum absolute atomic E-state index is 10.9. The Bertz CT molecular complexity index is 783. The molecule has 0 bridgehead atoms. The van der Waals surface area contributed by atoms with Gasteiger partial charge < -0.3 is 19.9 Å². The van der Waals surface area contributed by atoms with Gasteiger partial charge in [0, 0.05) is 12.1 Å². The molecule has 0 radical (unpaired) electrons. The van der Waals surface area contributed by atoms with E-state index in [2.05, 4.69) is 65.9 Å². The molecular weight excluding hydrogens is 362 g/mol. The van der Waals surface area contributed by atoms with Gasteiger partial charge in [-0.1, -0.05) is 66.7 Å². The minimum atomic E-state index is -0.232. The second kappa shape index (κ2) is 9.53. The molecule has 0 aromatic heterocycles. The number of nitrogens with one attached hydrogen (secondary N) is 1. The predicted octanol–water partition coefficient (Wildman–Crippen LogP) is 5.55. The molecule has 0 saturated carbocycles. The van der Waals surface area contributed by atoms with Crippen LogP contribution < -0.4 is 14.8 Å². The second-order valence-corrected chi connectivity index (χ2v) is 9.46. The van der Waals surface area contributed by atoms with Crippen LogP contribution in [0.3, 0.4) is 0 Å². The standard InChI is InChI=1S/C25H37NO3/c1-8-26-17-18-9-11-19(12-10-18)28-15-16-29-21-14-13-20(24(2,3)4)23(27)22(21)25(5,6)7/h9-14,26-27H,8,15-17H2,1-7H3. The highest BCUT2D eigenvalue weighted by molar-refractivity contribution is 5.54. The minimum Gasteiger partial charge on any atom is -0.507 e. The Labute approximate surface area is 176 Å². The Balaban J connectivity index is 2.02. The molecule has 2 N–H and O–H groups in total. The highest BCUT2D eigenvalue weighted by atomic mass is 16.5. The van der Waals surface area contributed by atoms with Crippen molar-refractivity contribution < 1.29 is 14.6 Å². The van der Waals surface area contributed by atoms with Crippen LogP contribution in [0, 0.1) is 0 Å². The third-order valence-corrected chi connectivity index (χ3v) is 4.81. The van der Waals surface area contributed by atoms with E-state index in [1.807, 2.05) is 24.3 Å². The molecule has 160 valence electrons. The van der Waals surface area contributed by atoms with E-state index in [1.54, 1.807) is 0 Å². The van der Waals surface area contributed by atoms with Gasteiger partial charge in [0.15, 0.2) is 0 Å². The topological polar surface area (TPSA) is 50.7 Å². The largest absolute Gasteiger partial charge is 0.507 e. The zero-order valence-corrected chi connectivity index (χ0v) is 19.1. The fourth-order valence-electron chi connectivity index (χ4n) is 3.31. The van der Waals surface area contributed by atoms with Gasteiger partial charge in [-0.15, -0.1) is 0 Å². The van der Waals surface area contributed by atoms with Crippen molar-refractivity contribution in [2.45, 2.75) is 65.8 Å². The second-order valence-electron chi connectivity index (χ2n) is 9.46. The smallest absolute Gasteiger partial charge is 0.126 e. The molecule has 2 aromatic carbocycles. The van der Waals surface area contributed by atoms with E-state index in [1.165, 1.54) is 5.56 Å². The molecule has 0 aliphatic heterocycles. The van der Waals surface area contributed by atoms with Crippen molar-refractivity contribution in [3.8, 4) is 17.2 Å². The summed E-state index contributed by atoms with van der Waals surface area (Å²) < 4.78 is 11.8. The highest BCUT2D eigenvalue weighted by Crippen LogP contribution is 2.43. The minimum absolute atomic E-state index is 0.134. The number of ether oxygens (including phenoxy) is 2. The molecule has 0 spiro atoms. The van der Waals surface area contributed by atoms with E-state index in [0.717, 1.165) is 30.0 Å². The van der Waals surface area contributed by atoms with Crippen molar-refractivity contribution in [1.82, 2.24) is 5.32 Å². The molecule has 2 rings (SSSR count). The van der Waals surface area contributed by atoms with Gasteiger partial charge in [0.2, 0.25) is 0 Å². The lowest BCUT2D eigenvalue weighted by Crippen LogP contribution is -2.19. The predicted molar refractivity (Wildman–Crippen MR) is 120 cm³/mol. The molecule has 0 aliphatic carbocycles. The average Bonchev–Trinajstić information content (AvgIpc) is 2.62. The Hall–Kier alpha value is -2.20. The van der Waals surface area contributed by atoms with E-state index in [4.69, 9.17) is 9.47 Å². The summed E-state index contributed by atoms with van der Waals surface area (Å²) >= 11 is 0. The van der Waals surface area contributed by atoms with Gasteiger partial charge in [-0.25, -0.2) is 0 Å². The fourth-order valence-corrected chi connectivity index (χ4v) is 3.31. The normalized spacial score (nSPS) is 12.1. The Morgan fingerprint density at radius 2 is 1.45 bits per heavy atom. The number of phenols is 1. The van der Waals surface area contributed by atoms with Gasteiger partial charge in [0.1, 0.15) is 30.5 Å². The molecule has 4 nitrogen and oxygen atoms in total. The number of aromatic hydroxyl groups is 1. The molecular formula is C25H37NO3. The molecule has 0 unspecified atom stereocenters. The monoisotopic (exact) mass is 399 g/mol. The first-order valence-electron chi connectivity index (χ1n) is 10.5. The summed E-state index contributed by atoms with van der Waals surface area (Å²) in [6.45, 7) is 17.4. The van der Waals surface area contributed by atoms with E-state index in [9.17, 15) is 5.11 Å². The highest BCUT2D eigenvalue weighted by Gasteiger charge is 2.29. The number of benzene rings is 2. The van der Waals surface area contributed by atoms with Crippen molar-refractivity contribution in [2.75, 3.05) is 19.8 Å². The average molecular weight is 400 g/mol. The van der Waals surface area contributed by atoms with E-state index < -0.39 is 0 Å². The Morgan fingerprint density at radius 3 is 2.00 bits per heavy atom. The molecule has 2 aromatic rings. The van der Waals surface area contributed by atoms with Gasteiger partial charge in [0.05, 0.1) is 0 Å². The molecule has 0 fully saturated rings. The summed E-state index contributed by atoms with van der Waals surface area (Å²) in [5.41, 5.74) is 2.65. The number of phenolic OH excluding ortho intramolecular Hbond substituents is 1. The van der Waals surface area contributed by atoms with Crippen LogP contribution in [-0.4, -0.2) is 24.9 Å². The molecule has 29 heavy (non-hydrogen) atoms. The van der Waals surface area contributed by atoms with Crippen molar-refractivity contribution in [3.05, 3.63) is 53.1 Å². The maximum Gasteiger partial charge on any atom is 0.126 e. The van der Waals surface area contributed by atoms with Crippen molar-refractivity contribution in [1.29, 1.82) is 0 Å². The summed E-state index contributed by atoms with van der Waals surface area (Å²) in [5, 5.41) is 14.3. The molecule has 0 amide bonds. The molecule has 0 atom stereocenters. The first-order valence-corrected chi connectivity index (χ1v) is 10.5.